The van der Waals surface area contributed by atoms with Gasteiger partial charge in [0, 0.05) is 16.7 Å². The van der Waals surface area contributed by atoms with Gasteiger partial charge in [0.25, 0.3) is 5.91 Å². The van der Waals surface area contributed by atoms with Gasteiger partial charge in [-0.15, -0.1) is 0 Å². The van der Waals surface area contributed by atoms with Gasteiger partial charge in [-0.1, -0.05) is 17.7 Å². The van der Waals surface area contributed by atoms with Crippen LogP contribution in [0.1, 0.15) is 27.2 Å². The van der Waals surface area contributed by atoms with Crippen LogP contribution < -0.4 is 10.6 Å². The van der Waals surface area contributed by atoms with Crippen molar-refractivity contribution in [2.75, 3.05) is 5.32 Å². The van der Waals surface area contributed by atoms with Crippen molar-refractivity contribution in [2.45, 2.75) is 19.6 Å². The van der Waals surface area contributed by atoms with Gasteiger partial charge in [-0.05, 0) is 48.4 Å². The summed E-state index contributed by atoms with van der Waals surface area (Å²) in [4.78, 5) is 16.7. The maximum absolute atomic E-state index is 13.5. The minimum absolute atomic E-state index is 0.0766. The number of nitrogens with zero attached hydrogens (tertiary/aromatic N) is 2. The van der Waals surface area contributed by atoms with E-state index in [1.54, 1.807) is 0 Å². The number of benzene rings is 2. The number of guanidine groups is 1. The van der Waals surface area contributed by atoms with Crippen LogP contribution in [0.4, 0.5) is 27.8 Å². The van der Waals surface area contributed by atoms with Gasteiger partial charge in [-0.25, -0.2) is 13.8 Å². The molecular weight excluding hydrogens is 457 g/mol. The Labute approximate surface area is 183 Å². The van der Waals surface area contributed by atoms with E-state index in [1.165, 1.54) is 25.1 Å². The second-order valence-corrected chi connectivity index (χ2v) is 7.02. The summed E-state index contributed by atoms with van der Waals surface area (Å²) in [5.41, 5.74) is -0.390. The van der Waals surface area contributed by atoms with E-state index in [9.17, 15) is 26.7 Å². The van der Waals surface area contributed by atoms with Crippen molar-refractivity contribution < 1.29 is 26.7 Å². The molecule has 0 spiro atoms. The molecule has 1 amide bonds. The monoisotopic (exact) mass is 471 g/mol. The maximum Gasteiger partial charge on any atom is 0.432 e. The number of halogens is 6. The third-order valence-corrected chi connectivity index (χ3v) is 4.56. The first-order valence-corrected chi connectivity index (χ1v) is 9.36. The lowest BCUT2D eigenvalue weighted by atomic mass is 10.1. The van der Waals surface area contributed by atoms with Gasteiger partial charge in [-0.3, -0.25) is 15.2 Å². The summed E-state index contributed by atoms with van der Waals surface area (Å²) in [5.74, 6) is -2.28. The highest BCUT2D eigenvalue weighted by atomic mass is 35.5. The lowest BCUT2D eigenvalue weighted by Gasteiger charge is -2.11. The quantitative estimate of drug-likeness (QED) is 0.282. The molecule has 0 unspecified atom stereocenters. The van der Waals surface area contributed by atoms with E-state index in [4.69, 9.17) is 11.6 Å². The standard InChI is InChI=1S/C20H15ClF5N5O/c1-10-6-11(3-5-15(10)23)18(32)29-19(27-9-12-2-4-13(22)7-14(12)21)28-17-8-16(30-31-17)20(24,25)26/h2-8H,9H2,1H3,(H3,27,28,29,30,31,32). The predicted molar refractivity (Wildman–Crippen MR) is 108 cm³/mol. The van der Waals surface area contributed by atoms with Crippen LogP contribution in [-0.4, -0.2) is 22.1 Å². The third kappa shape index (κ3) is 5.82. The molecule has 3 N–H and O–H groups in total. The molecule has 1 aromatic heterocycles. The first-order chi connectivity index (χ1) is 15.0. The number of rotatable bonds is 4. The Morgan fingerprint density at radius 1 is 1.16 bits per heavy atom. The smallest absolute Gasteiger partial charge is 0.309 e. The summed E-state index contributed by atoms with van der Waals surface area (Å²) in [6, 6.07) is 7.94. The fourth-order valence-electron chi connectivity index (χ4n) is 2.54. The van der Waals surface area contributed by atoms with Crippen LogP contribution in [0.25, 0.3) is 0 Å². The zero-order chi connectivity index (χ0) is 23.5. The number of aromatic amines is 1. The van der Waals surface area contributed by atoms with E-state index < -0.39 is 29.4 Å². The summed E-state index contributed by atoms with van der Waals surface area (Å²) in [5, 5.41) is 10.3. The summed E-state index contributed by atoms with van der Waals surface area (Å²) >= 11 is 5.97. The molecule has 0 bridgehead atoms. The summed E-state index contributed by atoms with van der Waals surface area (Å²) in [6.07, 6.45) is -4.65. The number of carbonyl (C=O) groups is 1. The number of nitrogens with one attached hydrogen (secondary N) is 3. The topological polar surface area (TPSA) is 82.2 Å². The fourth-order valence-corrected chi connectivity index (χ4v) is 2.77. The second kappa shape index (κ2) is 9.35. The number of aryl methyl sites for hydroxylation is 1. The van der Waals surface area contributed by atoms with E-state index in [-0.39, 0.29) is 34.5 Å². The summed E-state index contributed by atoms with van der Waals surface area (Å²) in [7, 11) is 0. The molecule has 3 aromatic rings. The Morgan fingerprint density at radius 2 is 1.91 bits per heavy atom. The molecule has 0 aliphatic heterocycles. The molecule has 6 nitrogen and oxygen atoms in total. The highest BCUT2D eigenvalue weighted by Gasteiger charge is 2.33. The molecule has 1 heterocycles. The van der Waals surface area contributed by atoms with Crippen LogP contribution in [-0.2, 0) is 12.7 Å². The van der Waals surface area contributed by atoms with Crippen LogP contribution in [0.2, 0.25) is 5.02 Å². The largest absolute Gasteiger partial charge is 0.432 e. The zero-order valence-corrected chi connectivity index (χ0v) is 17.1. The van der Waals surface area contributed by atoms with Crippen LogP contribution in [0.5, 0.6) is 0 Å². The SMILES string of the molecule is Cc1cc(C(=O)NC(=NCc2ccc(F)cc2Cl)Nc2cc(C(F)(F)F)[nH]n2)ccc1F. The number of H-pyrrole nitrogens is 1. The van der Waals surface area contributed by atoms with Crippen LogP contribution >= 0.6 is 11.6 Å². The number of carbonyl (C=O) groups excluding carboxylic acids is 1. The Morgan fingerprint density at radius 3 is 2.53 bits per heavy atom. The molecule has 2 aromatic carbocycles. The second-order valence-electron chi connectivity index (χ2n) is 6.61. The number of aliphatic imine (C=N–C) groups is 1. The predicted octanol–water partition coefficient (Wildman–Crippen LogP) is 5.07. The van der Waals surface area contributed by atoms with Gasteiger partial charge >= 0.3 is 6.18 Å². The average Bonchev–Trinajstić information content (AvgIpc) is 3.18. The van der Waals surface area contributed by atoms with E-state index in [0.717, 1.165) is 18.2 Å². The molecule has 3 rings (SSSR count). The van der Waals surface area contributed by atoms with Crippen molar-refractivity contribution in [1.82, 2.24) is 15.5 Å². The number of anilines is 1. The summed E-state index contributed by atoms with van der Waals surface area (Å²) in [6.45, 7) is 1.33. The number of aromatic nitrogens is 2. The van der Waals surface area contributed by atoms with Gasteiger partial charge in [0.1, 0.15) is 17.3 Å². The van der Waals surface area contributed by atoms with Gasteiger partial charge in [-0.2, -0.15) is 18.3 Å². The van der Waals surface area contributed by atoms with Gasteiger partial charge < -0.3 is 5.32 Å². The normalized spacial score (nSPS) is 12.0. The lowest BCUT2D eigenvalue weighted by molar-refractivity contribution is -0.141. The van der Waals surface area contributed by atoms with Crippen molar-refractivity contribution in [1.29, 1.82) is 0 Å². The Hall–Kier alpha value is -3.47. The van der Waals surface area contributed by atoms with Crippen molar-refractivity contribution in [3.8, 4) is 0 Å². The van der Waals surface area contributed by atoms with Gasteiger partial charge in [0.2, 0.25) is 5.96 Å². The minimum Gasteiger partial charge on any atom is -0.309 e. The zero-order valence-electron chi connectivity index (χ0n) is 16.3. The van der Waals surface area contributed by atoms with E-state index in [1.807, 2.05) is 5.10 Å². The third-order valence-electron chi connectivity index (χ3n) is 4.20. The Bertz CT molecular complexity index is 1180. The van der Waals surface area contributed by atoms with Crippen molar-refractivity contribution in [2.24, 2.45) is 4.99 Å². The number of amides is 1. The van der Waals surface area contributed by atoms with Gasteiger partial charge in [0.05, 0.1) is 6.54 Å². The number of hydrogen-bond donors (Lipinski definition) is 3. The molecule has 0 radical (unpaired) electrons. The van der Waals surface area contributed by atoms with Crippen LogP contribution in [0, 0.1) is 18.6 Å². The van der Waals surface area contributed by atoms with E-state index >= 15 is 0 Å². The molecule has 12 heteroatoms. The van der Waals surface area contributed by atoms with E-state index in [0.29, 0.717) is 11.6 Å². The molecular formula is C20H15ClF5N5O. The first-order valence-electron chi connectivity index (χ1n) is 8.98. The minimum atomic E-state index is -4.65. The molecule has 0 saturated heterocycles. The highest BCUT2D eigenvalue weighted by molar-refractivity contribution is 6.31. The number of alkyl halides is 3. The van der Waals surface area contributed by atoms with Crippen molar-refractivity contribution >= 4 is 29.3 Å². The Kier molecular flexibility index (Phi) is 6.78. The van der Waals surface area contributed by atoms with Crippen molar-refractivity contribution in [3.05, 3.63) is 81.5 Å². The molecule has 0 saturated carbocycles. The highest BCUT2D eigenvalue weighted by Crippen LogP contribution is 2.28. The summed E-state index contributed by atoms with van der Waals surface area (Å²) < 4.78 is 65.1. The molecule has 0 atom stereocenters. The van der Waals surface area contributed by atoms with E-state index in [2.05, 4.69) is 20.7 Å². The van der Waals surface area contributed by atoms with Crippen LogP contribution in [0.15, 0.2) is 47.5 Å². The van der Waals surface area contributed by atoms with Crippen LogP contribution in [0.3, 0.4) is 0 Å². The fraction of sp³-hybridized carbons (Fsp3) is 0.150. The molecule has 0 aliphatic rings. The molecule has 32 heavy (non-hydrogen) atoms. The maximum atomic E-state index is 13.5. The molecule has 0 aliphatic carbocycles. The van der Waals surface area contributed by atoms with Crippen molar-refractivity contribution in [3.63, 3.8) is 0 Å². The first kappa shape index (κ1) is 23.2. The van der Waals surface area contributed by atoms with Gasteiger partial charge in [0.15, 0.2) is 5.82 Å². The number of hydrogen-bond acceptors (Lipinski definition) is 3. The molecule has 168 valence electrons. The lowest BCUT2D eigenvalue weighted by Crippen LogP contribution is -2.36. The molecule has 0 fully saturated rings. The average molecular weight is 472 g/mol. The Balaban J connectivity index is 1.86.